The summed E-state index contributed by atoms with van der Waals surface area (Å²) < 4.78 is 6.13. The largest absolute Gasteiger partial charge is 0.490 e. The number of rotatable bonds is 14. The number of hydroxylamine groups is 2. The van der Waals surface area contributed by atoms with E-state index in [0.29, 0.717) is 44.7 Å². The molecule has 9 nitrogen and oxygen atoms in total. The van der Waals surface area contributed by atoms with E-state index in [2.05, 4.69) is 5.32 Å². The molecule has 4 rings (SSSR count). The quantitative estimate of drug-likeness (QED) is 0.235. The van der Waals surface area contributed by atoms with Crippen molar-refractivity contribution in [1.82, 2.24) is 15.3 Å². The SMILES string of the molecule is CC(C)(C)[C@H](NC(=O)C(CC1CCCC1)CN(C=O)OCc1ccccc1)C(=O)N1CCC(Oc2ccc(CO)cc2)CC1. The van der Waals surface area contributed by atoms with Crippen molar-refractivity contribution >= 4 is 18.2 Å². The van der Waals surface area contributed by atoms with Crippen LogP contribution in [0.4, 0.5) is 0 Å². The van der Waals surface area contributed by atoms with Crippen molar-refractivity contribution in [2.24, 2.45) is 17.3 Å². The number of nitrogens with zero attached hydrogens (tertiary/aromatic N) is 2. The number of piperidine rings is 1. The first kappa shape index (κ1) is 33.5. The molecule has 1 aliphatic heterocycles. The smallest absolute Gasteiger partial charge is 0.245 e. The third-order valence-corrected chi connectivity index (χ3v) is 8.78. The highest BCUT2D eigenvalue weighted by Crippen LogP contribution is 2.32. The minimum atomic E-state index is -0.709. The van der Waals surface area contributed by atoms with E-state index in [-0.39, 0.29) is 37.7 Å². The molecule has 1 saturated heterocycles. The number of likely N-dealkylation sites (tertiary alicyclic amines) is 1. The summed E-state index contributed by atoms with van der Waals surface area (Å²) in [6, 6.07) is 16.3. The number of hydrogen-bond donors (Lipinski definition) is 2. The van der Waals surface area contributed by atoms with E-state index >= 15 is 0 Å². The highest BCUT2D eigenvalue weighted by atomic mass is 16.7. The van der Waals surface area contributed by atoms with Gasteiger partial charge in [0.15, 0.2) is 0 Å². The summed E-state index contributed by atoms with van der Waals surface area (Å²) in [4.78, 5) is 47.4. The second-order valence-corrected chi connectivity index (χ2v) is 13.3. The van der Waals surface area contributed by atoms with Crippen molar-refractivity contribution in [3.63, 3.8) is 0 Å². The lowest BCUT2D eigenvalue weighted by Crippen LogP contribution is -2.58. The number of amides is 3. The minimum absolute atomic E-state index is 0.00896. The van der Waals surface area contributed by atoms with Crippen LogP contribution in [-0.4, -0.2) is 65.1 Å². The maximum Gasteiger partial charge on any atom is 0.245 e. The standard InChI is InChI=1S/C35H49N3O6/c1-35(2,3)32(34(42)37-19-17-31(18-20-37)44-30-15-13-27(23-39)14-16-30)36-33(41)29(21-26-9-7-8-10-26)22-38(25-40)43-24-28-11-5-4-6-12-28/h4-6,11-16,25-26,29,31-32,39H,7-10,17-24H2,1-3H3,(H,36,41)/t29?,32-/m1/s1. The molecule has 2 aromatic carbocycles. The Morgan fingerprint density at radius 1 is 1.00 bits per heavy atom. The van der Waals surface area contributed by atoms with Gasteiger partial charge in [0, 0.05) is 25.9 Å². The van der Waals surface area contributed by atoms with Crippen LogP contribution in [0.25, 0.3) is 0 Å². The number of aliphatic hydroxyl groups is 1. The number of aliphatic hydroxyl groups excluding tert-OH is 1. The van der Waals surface area contributed by atoms with Gasteiger partial charge in [-0.15, -0.1) is 0 Å². The Bertz CT molecular complexity index is 1190. The van der Waals surface area contributed by atoms with Crippen LogP contribution in [0.5, 0.6) is 5.75 Å². The van der Waals surface area contributed by atoms with Gasteiger partial charge in [0.2, 0.25) is 18.2 Å². The molecule has 2 aromatic rings. The number of ether oxygens (including phenoxy) is 1. The molecule has 1 saturated carbocycles. The third kappa shape index (κ3) is 9.79. The first-order chi connectivity index (χ1) is 21.2. The minimum Gasteiger partial charge on any atom is -0.490 e. The van der Waals surface area contributed by atoms with Gasteiger partial charge in [0.05, 0.1) is 19.1 Å². The molecule has 2 aliphatic rings. The Labute approximate surface area is 261 Å². The fourth-order valence-electron chi connectivity index (χ4n) is 6.14. The molecule has 0 bridgehead atoms. The van der Waals surface area contributed by atoms with Gasteiger partial charge in [-0.1, -0.05) is 88.9 Å². The molecule has 240 valence electrons. The van der Waals surface area contributed by atoms with Gasteiger partial charge >= 0.3 is 0 Å². The summed E-state index contributed by atoms with van der Waals surface area (Å²) in [5.74, 6) is 0.356. The Kier molecular flexibility index (Phi) is 12.2. The van der Waals surface area contributed by atoms with Gasteiger partial charge in [-0.05, 0) is 41.0 Å². The summed E-state index contributed by atoms with van der Waals surface area (Å²) in [7, 11) is 0. The number of nitrogens with one attached hydrogen (secondary N) is 1. The molecule has 44 heavy (non-hydrogen) atoms. The van der Waals surface area contributed by atoms with E-state index in [1.54, 1.807) is 0 Å². The average molecular weight is 608 g/mol. The lowest BCUT2D eigenvalue weighted by atomic mass is 9.84. The lowest BCUT2D eigenvalue weighted by molar-refractivity contribution is -0.182. The average Bonchev–Trinajstić information content (AvgIpc) is 3.55. The molecule has 0 spiro atoms. The molecule has 9 heteroatoms. The van der Waals surface area contributed by atoms with Gasteiger partial charge in [-0.25, -0.2) is 5.06 Å². The molecular formula is C35H49N3O6. The summed E-state index contributed by atoms with van der Waals surface area (Å²) in [6.45, 7) is 7.33. The number of carbonyl (C=O) groups is 3. The van der Waals surface area contributed by atoms with E-state index in [1.807, 2.05) is 80.3 Å². The van der Waals surface area contributed by atoms with Crippen molar-refractivity contribution < 1.29 is 29.1 Å². The highest BCUT2D eigenvalue weighted by molar-refractivity contribution is 5.89. The monoisotopic (exact) mass is 607 g/mol. The lowest BCUT2D eigenvalue weighted by Gasteiger charge is -2.39. The Morgan fingerprint density at radius 3 is 2.25 bits per heavy atom. The van der Waals surface area contributed by atoms with Gasteiger partial charge < -0.3 is 20.1 Å². The number of benzene rings is 2. The number of hydrogen-bond acceptors (Lipinski definition) is 6. The molecule has 0 aromatic heterocycles. The van der Waals surface area contributed by atoms with Crippen LogP contribution in [0.15, 0.2) is 54.6 Å². The highest BCUT2D eigenvalue weighted by Gasteiger charge is 2.39. The van der Waals surface area contributed by atoms with E-state index in [1.165, 1.54) is 5.06 Å². The Hall–Kier alpha value is -3.43. The van der Waals surface area contributed by atoms with Crippen LogP contribution in [0, 0.1) is 17.3 Å². The normalized spacial score (nSPS) is 17.6. The first-order valence-corrected chi connectivity index (χ1v) is 16.0. The molecule has 0 radical (unpaired) electrons. The zero-order chi connectivity index (χ0) is 31.5. The van der Waals surface area contributed by atoms with Crippen LogP contribution in [0.2, 0.25) is 0 Å². The summed E-state index contributed by atoms with van der Waals surface area (Å²) >= 11 is 0. The molecule has 2 atom stereocenters. The maximum atomic E-state index is 13.9. The van der Waals surface area contributed by atoms with Crippen LogP contribution < -0.4 is 10.1 Å². The second-order valence-electron chi connectivity index (χ2n) is 13.3. The molecule has 1 aliphatic carbocycles. The summed E-state index contributed by atoms with van der Waals surface area (Å²) in [5.41, 5.74) is 1.25. The van der Waals surface area contributed by atoms with Crippen molar-refractivity contribution in [2.45, 2.75) is 91.1 Å². The second kappa shape index (κ2) is 16.0. The Balaban J connectivity index is 1.38. The van der Waals surface area contributed by atoms with Crippen LogP contribution in [0.3, 0.4) is 0 Å². The molecule has 2 N–H and O–H groups in total. The molecule has 2 fully saturated rings. The summed E-state index contributed by atoms with van der Waals surface area (Å²) in [6.07, 6.45) is 7.10. The van der Waals surface area contributed by atoms with Crippen LogP contribution in [-0.2, 0) is 32.4 Å². The van der Waals surface area contributed by atoms with Gasteiger partial charge in [-0.2, -0.15) is 0 Å². The van der Waals surface area contributed by atoms with Crippen molar-refractivity contribution in [1.29, 1.82) is 0 Å². The molecule has 1 unspecified atom stereocenters. The zero-order valence-corrected chi connectivity index (χ0v) is 26.5. The van der Waals surface area contributed by atoms with Crippen molar-refractivity contribution in [3.8, 4) is 5.75 Å². The molecular weight excluding hydrogens is 558 g/mol. The van der Waals surface area contributed by atoms with Gasteiger partial charge in [-0.3, -0.25) is 19.2 Å². The van der Waals surface area contributed by atoms with E-state index in [9.17, 15) is 19.5 Å². The predicted octanol–water partition coefficient (Wildman–Crippen LogP) is 4.87. The first-order valence-electron chi connectivity index (χ1n) is 16.0. The fraction of sp³-hybridized carbons (Fsp3) is 0.571. The van der Waals surface area contributed by atoms with Crippen LogP contribution in [0.1, 0.15) is 76.8 Å². The van der Waals surface area contributed by atoms with Crippen molar-refractivity contribution in [2.75, 3.05) is 19.6 Å². The zero-order valence-electron chi connectivity index (χ0n) is 26.5. The van der Waals surface area contributed by atoms with Gasteiger partial charge in [0.1, 0.15) is 24.5 Å². The van der Waals surface area contributed by atoms with Crippen LogP contribution >= 0.6 is 0 Å². The summed E-state index contributed by atoms with van der Waals surface area (Å²) in [5, 5.41) is 13.6. The number of carbonyl (C=O) groups excluding carboxylic acids is 3. The predicted molar refractivity (Wildman–Crippen MR) is 168 cm³/mol. The van der Waals surface area contributed by atoms with Crippen molar-refractivity contribution in [3.05, 3.63) is 65.7 Å². The Morgan fingerprint density at radius 2 is 1.66 bits per heavy atom. The maximum absolute atomic E-state index is 13.9. The van der Waals surface area contributed by atoms with E-state index < -0.39 is 17.4 Å². The fourth-order valence-corrected chi connectivity index (χ4v) is 6.14. The molecule has 1 heterocycles. The third-order valence-electron chi connectivity index (χ3n) is 8.78. The van der Waals surface area contributed by atoms with Gasteiger partial charge in [0.25, 0.3) is 0 Å². The van der Waals surface area contributed by atoms with E-state index in [0.717, 1.165) is 42.6 Å². The topological polar surface area (TPSA) is 108 Å². The van der Waals surface area contributed by atoms with E-state index in [4.69, 9.17) is 9.57 Å². The molecule has 3 amide bonds.